The average molecular weight is 132 g/mol. The Labute approximate surface area is 54.4 Å². The summed E-state index contributed by atoms with van der Waals surface area (Å²) in [5, 5.41) is 2.39. The van der Waals surface area contributed by atoms with Crippen molar-refractivity contribution in [3.8, 4) is 0 Å². The van der Waals surface area contributed by atoms with Gasteiger partial charge in [-0.05, 0) is 6.92 Å². The van der Waals surface area contributed by atoms with Gasteiger partial charge in [0, 0.05) is 6.61 Å². The summed E-state index contributed by atoms with van der Waals surface area (Å²) in [5.74, 6) is -0.167. The Morgan fingerprint density at radius 1 is 1.78 bits per heavy atom. The molecule has 0 rings (SSSR count). The van der Waals surface area contributed by atoms with Gasteiger partial charge < -0.3 is 15.8 Å². The first kappa shape index (κ1) is 8.39. The van der Waals surface area contributed by atoms with Gasteiger partial charge in [-0.25, -0.2) is 0 Å². The first-order chi connectivity index (χ1) is 4.31. The van der Waals surface area contributed by atoms with E-state index in [0.717, 1.165) is 0 Å². The molecule has 0 radical (unpaired) electrons. The third kappa shape index (κ3) is 5.26. The maximum absolute atomic E-state index is 10.5. The van der Waals surface area contributed by atoms with Crippen LogP contribution in [0, 0.1) is 0 Å². The van der Waals surface area contributed by atoms with Crippen LogP contribution in [-0.4, -0.2) is 25.8 Å². The molecule has 0 aliphatic rings. The molecule has 0 aliphatic carbocycles. The number of nitrogens with two attached hydrogens (primary N) is 1. The summed E-state index contributed by atoms with van der Waals surface area (Å²) < 4.78 is 4.78. The van der Waals surface area contributed by atoms with Gasteiger partial charge in [0.05, 0.1) is 6.67 Å². The Kier molecular flexibility index (Phi) is 5.15. The van der Waals surface area contributed by atoms with Gasteiger partial charge in [-0.2, -0.15) is 0 Å². The summed E-state index contributed by atoms with van der Waals surface area (Å²) in [6.07, 6.45) is 0. The second-order valence-corrected chi connectivity index (χ2v) is 1.44. The second-order valence-electron chi connectivity index (χ2n) is 1.44. The fourth-order valence-electron chi connectivity index (χ4n) is 0.360. The van der Waals surface area contributed by atoms with Gasteiger partial charge in [-0.1, -0.05) is 0 Å². The molecule has 0 unspecified atom stereocenters. The van der Waals surface area contributed by atoms with Gasteiger partial charge in [0.1, 0.15) is 6.61 Å². The Hall–Kier alpha value is -0.610. The Morgan fingerprint density at radius 2 is 2.44 bits per heavy atom. The average Bonchev–Trinajstić information content (AvgIpc) is 1.85. The van der Waals surface area contributed by atoms with Crippen LogP contribution in [0.4, 0.5) is 0 Å². The number of ether oxygens (including phenoxy) is 1. The van der Waals surface area contributed by atoms with E-state index in [-0.39, 0.29) is 19.2 Å². The highest BCUT2D eigenvalue weighted by atomic mass is 16.5. The smallest absolute Gasteiger partial charge is 0.246 e. The lowest BCUT2D eigenvalue weighted by atomic mass is 10.6. The molecule has 0 aliphatic heterocycles. The van der Waals surface area contributed by atoms with E-state index in [1.807, 2.05) is 6.92 Å². The van der Waals surface area contributed by atoms with Crippen molar-refractivity contribution in [3.63, 3.8) is 0 Å². The first-order valence-electron chi connectivity index (χ1n) is 2.85. The van der Waals surface area contributed by atoms with Crippen molar-refractivity contribution in [1.29, 1.82) is 0 Å². The minimum absolute atomic E-state index is 0.105. The van der Waals surface area contributed by atoms with Gasteiger partial charge in [-0.3, -0.25) is 4.79 Å². The van der Waals surface area contributed by atoms with Crippen molar-refractivity contribution in [2.75, 3.05) is 19.9 Å². The Morgan fingerprint density at radius 3 is 2.89 bits per heavy atom. The summed E-state index contributed by atoms with van der Waals surface area (Å²) in [6, 6.07) is 0. The lowest BCUT2D eigenvalue weighted by Gasteiger charge is -1.99. The molecule has 54 valence electrons. The fourth-order valence-corrected chi connectivity index (χ4v) is 0.360. The van der Waals surface area contributed by atoms with Gasteiger partial charge in [0.2, 0.25) is 5.91 Å². The van der Waals surface area contributed by atoms with Crippen LogP contribution < -0.4 is 11.1 Å². The van der Waals surface area contributed by atoms with Gasteiger partial charge >= 0.3 is 0 Å². The quantitative estimate of drug-likeness (QED) is 0.485. The van der Waals surface area contributed by atoms with Crippen LogP contribution in [-0.2, 0) is 9.53 Å². The molecule has 0 aromatic rings. The summed E-state index contributed by atoms with van der Waals surface area (Å²) in [4.78, 5) is 10.5. The number of rotatable bonds is 4. The molecule has 0 aromatic heterocycles. The van der Waals surface area contributed by atoms with E-state index in [2.05, 4.69) is 5.32 Å². The summed E-state index contributed by atoms with van der Waals surface area (Å²) in [5.41, 5.74) is 5.01. The first-order valence-corrected chi connectivity index (χ1v) is 2.85. The molecule has 0 bridgehead atoms. The second kappa shape index (κ2) is 5.53. The summed E-state index contributed by atoms with van der Waals surface area (Å²) in [7, 11) is 0. The van der Waals surface area contributed by atoms with Crippen LogP contribution in [0.3, 0.4) is 0 Å². The van der Waals surface area contributed by atoms with E-state index in [0.29, 0.717) is 6.61 Å². The van der Waals surface area contributed by atoms with Crippen LogP contribution in [0.2, 0.25) is 0 Å². The molecule has 4 heteroatoms. The van der Waals surface area contributed by atoms with Crippen molar-refractivity contribution >= 4 is 5.91 Å². The number of carbonyl (C=O) groups excluding carboxylic acids is 1. The molecule has 3 N–H and O–H groups in total. The fraction of sp³-hybridized carbons (Fsp3) is 0.800. The molecule has 0 saturated heterocycles. The van der Waals surface area contributed by atoms with Crippen LogP contribution in [0.1, 0.15) is 6.92 Å². The third-order valence-corrected chi connectivity index (χ3v) is 0.737. The monoisotopic (exact) mass is 132 g/mol. The molecule has 9 heavy (non-hydrogen) atoms. The minimum Gasteiger partial charge on any atom is -0.372 e. The van der Waals surface area contributed by atoms with E-state index >= 15 is 0 Å². The number of nitrogens with one attached hydrogen (secondary N) is 1. The normalized spacial score (nSPS) is 9.11. The molecule has 0 fully saturated rings. The molecule has 1 amide bonds. The Bertz CT molecular complexity index is 85.0. The van der Waals surface area contributed by atoms with E-state index in [1.54, 1.807) is 0 Å². The number of hydrogen-bond donors (Lipinski definition) is 2. The highest BCUT2D eigenvalue weighted by Crippen LogP contribution is 1.70. The molecule has 0 spiro atoms. The summed E-state index contributed by atoms with van der Waals surface area (Å²) >= 11 is 0. The topological polar surface area (TPSA) is 64.3 Å². The third-order valence-electron chi connectivity index (χ3n) is 0.737. The Balaban J connectivity index is 3.06. The highest BCUT2D eigenvalue weighted by molar-refractivity contribution is 5.76. The molecule has 0 atom stereocenters. The van der Waals surface area contributed by atoms with Crippen LogP contribution in [0.5, 0.6) is 0 Å². The van der Waals surface area contributed by atoms with Gasteiger partial charge in [0.15, 0.2) is 0 Å². The number of carbonyl (C=O) groups is 1. The van der Waals surface area contributed by atoms with Crippen LogP contribution in [0.25, 0.3) is 0 Å². The molecular formula is C5H12N2O2. The molecule has 0 heterocycles. The van der Waals surface area contributed by atoms with Crippen molar-refractivity contribution in [2.45, 2.75) is 6.92 Å². The molecule has 0 aromatic carbocycles. The van der Waals surface area contributed by atoms with E-state index in [4.69, 9.17) is 10.5 Å². The highest BCUT2D eigenvalue weighted by Gasteiger charge is 1.95. The maximum Gasteiger partial charge on any atom is 0.246 e. The SMILES string of the molecule is CCOCC(=O)NCN. The van der Waals surface area contributed by atoms with Gasteiger partial charge in [0.25, 0.3) is 0 Å². The van der Waals surface area contributed by atoms with Crippen molar-refractivity contribution < 1.29 is 9.53 Å². The predicted octanol–water partition coefficient (Wildman–Crippen LogP) is -0.945. The zero-order valence-corrected chi connectivity index (χ0v) is 5.52. The van der Waals surface area contributed by atoms with E-state index in [1.165, 1.54) is 0 Å². The van der Waals surface area contributed by atoms with Crippen LogP contribution in [0.15, 0.2) is 0 Å². The number of amides is 1. The van der Waals surface area contributed by atoms with Crippen molar-refractivity contribution in [2.24, 2.45) is 5.73 Å². The zero-order valence-electron chi connectivity index (χ0n) is 5.52. The maximum atomic E-state index is 10.5. The van der Waals surface area contributed by atoms with E-state index in [9.17, 15) is 4.79 Å². The lowest BCUT2D eigenvalue weighted by molar-refractivity contribution is -0.125. The predicted molar refractivity (Wildman–Crippen MR) is 33.7 cm³/mol. The van der Waals surface area contributed by atoms with Crippen LogP contribution >= 0.6 is 0 Å². The van der Waals surface area contributed by atoms with Crippen molar-refractivity contribution in [3.05, 3.63) is 0 Å². The largest absolute Gasteiger partial charge is 0.372 e. The van der Waals surface area contributed by atoms with E-state index < -0.39 is 0 Å². The minimum atomic E-state index is -0.167. The molecule has 0 saturated carbocycles. The summed E-state index contributed by atoms with van der Waals surface area (Å²) in [6.45, 7) is 2.66. The molecular weight excluding hydrogens is 120 g/mol. The standard InChI is InChI=1S/C5H12N2O2/c1-2-9-3-5(8)7-4-6/h2-4,6H2,1H3,(H,7,8). The molecule has 4 nitrogen and oxygen atoms in total. The number of hydrogen-bond acceptors (Lipinski definition) is 3. The van der Waals surface area contributed by atoms with Gasteiger partial charge in [-0.15, -0.1) is 0 Å². The van der Waals surface area contributed by atoms with Crippen molar-refractivity contribution in [1.82, 2.24) is 5.32 Å². The lowest BCUT2D eigenvalue weighted by Crippen LogP contribution is -2.32. The zero-order chi connectivity index (χ0) is 7.11.